The summed E-state index contributed by atoms with van der Waals surface area (Å²) in [5, 5.41) is 3.69. The fraction of sp³-hybridized carbons (Fsp3) is 0.625. The Balaban J connectivity index is 1.73. The lowest BCUT2D eigenvalue weighted by molar-refractivity contribution is 0.0230. The summed E-state index contributed by atoms with van der Waals surface area (Å²) in [5.74, 6) is 8.84. The van der Waals surface area contributed by atoms with E-state index in [4.69, 9.17) is 5.84 Å². The Hall–Kier alpha value is -0.630. The summed E-state index contributed by atoms with van der Waals surface area (Å²) in [4.78, 5) is 0. The lowest BCUT2D eigenvalue weighted by atomic mass is 9.56. The first-order valence-electron chi connectivity index (χ1n) is 7.84. The van der Waals surface area contributed by atoms with Gasteiger partial charge in [-0.05, 0) is 55.8 Å². The van der Waals surface area contributed by atoms with Crippen LogP contribution in [-0.4, -0.2) is 5.66 Å². The molecule has 0 aliphatic heterocycles. The lowest BCUT2D eigenvalue weighted by Crippen LogP contribution is -2.51. The standard InChI is InChI=1S/C16H23N2OP/c17-18-20(19,15-4-2-1-3-5-15)16-13-7-11-6-12(9-13)10-14(16)8-11/h1-5,11-14,16H,6-10,17H2,(H,18,19). The van der Waals surface area contributed by atoms with E-state index in [-0.39, 0.29) is 5.66 Å². The van der Waals surface area contributed by atoms with E-state index in [1.54, 1.807) is 0 Å². The van der Waals surface area contributed by atoms with Crippen LogP contribution >= 0.6 is 7.29 Å². The Labute approximate surface area is 120 Å². The lowest BCUT2D eigenvalue weighted by Gasteiger charge is -2.55. The van der Waals surface area contributed by atoms with Gasteiger partial charge in [-0.1, -0.05) is 30.3 Å². The normalized spacial score (nSPS) is 41.5. The summed E-state index contributed by atoms with van der Waals surface area (Å²) in [7, 11) is -2.68. The molecule has 4 saturated carbocycles. The fourth-order valence-electron chi connectivity index (χ4n) is 5.47. The van der Waals surface area contributed by atoms with Gasteiger partial charge in [0.2, 0.25) is 0 Å². The minimum absolute atomic E-state index is 0.266. The number of hydrogen-bond acceptors (Lipinski definition) is 2. The zero-order valence-corrected chi connectivity index (χ0v) is 12.6. The molecule has 0 aromatic heterocycles. The van der Waals surface area contributed by atoms with Gasteiger partial charge in [0.15, 0.2) is 7.29 Å². The first-order valence-corrected chi connectivity index (χ1v) is 9.61. The van der Waals surface area contributed by atoms with Gasteiger partial charge in [-0.3, -0.25) is 5.84 Å². The van der Waals surface area contributed by atoms with Crippen molar-refractivity contribution in [3.63, 3.8) is 0 Å². The third kappa shape index (κ3) is 1.83. The van der Waals surface area contributed by atoms with E-state index in [2.05, 4.69) is 5.20 Å². The zero-order valence-electron chi connectivity index (χ0n) is 11.7. The monoisotopic (exact) mass is 290 g/mol. The molecule has 4 fully saturated rings. The van der Waals surface area contributed by atoms with Gasteiger partial charge in [-0.15, -0.1) is 0 Å². The predicted octanol–water partition coefficient (Wildman–Crippen LogP) is 2.88. The second-order valence-corrected chi connectivity index (χ2v) is 9.73. The molecule has 4 aliphatic rings. The average molecular weight is 290 g/mol. The molecule has 1 unspecified atom stereocenters. The molecule has 0 heterocycles. The summed E-state index contributed by atoms with van der Waals surface area (Å²) >= 11 is 0. The molecule has 1 aromatic carbocycles. The van der Waals surface area contributed by atoms with Crippen LogP contribution in [0.4, 0.5) is 0 Å². The van der Waals surface area contributed by atoms with E-state index in [1.165, 1.54) is 32.1 Å². The van der Waals surface area contributed by atoms with Crippen molar-refractivity contribution in [1.29, 1.82) is 0 Å². The minimum Gasteiger partial charge on any atom is -0.300 e. The van der Waals surface area contributed by atoms with Gasteiger partial charge in [-0.25, -0.2) is 5.20 Å². The number of rotatable bonds is 3. The first-order chi connectivity index (χ1) is 9.70. The third-order valence-electron chi connectivity index (χ3n) is 5.93. The van der Waals surface area contributed by atoms with E-state index in [9.17, 15) is 4.57 Å². The Morgan fingerprint density at radius 1 is 0.950 bits per heavy atom. The van der Waals surface area contributed by atoms with Crippen LogP contribution in [0.3, 0.4) is 0 Å². The van der Waals surface area contributed by atoms with Crippen LogP contribution in [0.15, 0.2) is 30.3 Å². The maximum absolute atomic E-state index is 13.6. The van der Waals surface area contributed by atoms with Crippen molar-refractivity contribution in [2.75, 3.05) is 0 Å². The second-order valence-electron chi connectivity index (χ2n) is 7.04. The number of nitrogens with one attached hydrogen (secondary N) is 1. The molecule has 4 aliphatic carbocycles. The quantitative estimate of drug-likeness (QED) is 0.511. The summed E-state index contributed by atoms with van der Waals surface area (Å²) in [6.07, 6.45) is 6.52. The van der Waals surface area contributed by atoms with Gasteiger partial charge in [0.25, 0.3) is 0 Å². The van der Waals surface area contributed by atoms with Gasteiger partial charge >= 0.3 is 0 Å². The molecule has 108 valence electrons. The van der Waals surface area contributed by atoms with Crippen LogP contribution in [0.5, 0.6) is 0 Å². The van der Waals surface area contributed by atoms with Gasteiger partial charge in [-0.2, -0.15) is 0 Å². The number of nitrogens with two attached hydrogens (primary N) is 1. The summed E-state index contributed by atoms with van der Waals surface area (Å²) in [6.45, 7) is 0. The predicted molar refractivity (Wildman–Crippen MR) is 81.8 cm³/mol. The highest BCUT2D eigenvalue weighted by Crippen LogP contribution is 2.64. The molecule has 0 saturated heterocycles. The SMILES string of the molecule is NNP(=O)(c1ccccc1)C1C2CC3CC(C2)CC1C3. The van der Waals surface area contributed by atoms with Crippen molar-refractivity contribution >= 4 is 12.6 Å². The zero-order chi connectivity index (χ0) is 13.7. The number of hydrazine groups is 1. The largest absolute Gasteiger partial charge is 0.300 e. The molecule has 3 N–H and O–H groups in total. The van der Waals surface area contributed by atoms with Crippen molar-refractivity contribution in [3.8, 4) is 0 Å². The van der Waals surface area contributed by atoms with E-state index in [0.717, 1.165) is 17.1 Å². The Bertz CT molecular complexity index is 517. The molecule has 1 atom stereocenters. The van der Waals surface area contributed by atoms with Crippen LogP contribution in [0.2, 0.25) is 0 Å². The van der Waals surface area contributed by atoms with Crippen LogP contribution in [0, 0.1) is 23.7 Å². The van der Waals surface area contributed by atoms with E-state index in [1.807, 2.05) is 30.3 Å². The van der Waals surface area contributed by atoms with Crippen LogP contribution in [-0.2, 0) is 4.57 Å². The molecule has 3 nitrogen and oxygen atoms in total. The molecule has 1 aromatic rings. The second kappa shape index (κ2) is 4.69. The fourth-order valence-corrected chi connectivity index (χ4v) is 8.43. The third-order valence-corrected chi connectivity index (χ3v) is 9.06. The van der Waals surface area contributed by atoms with Gasteiger partial charge < -0.3 is 4.57 Å². The maximum Gasteiger partial charge on any atom is 0.192 e. The minimum atomic E-state index is -2.68. The summed E-state index contributed by atoms with van der Waals surface area (Å²) < 4.78 is 13.6. The highest BCUT2D eigenvalue weighted by atomic mass is 31.2. The molecular formula is C16H23N2OP. The van der Waals surface area contributed by atoms with E-state index >= 15 is 0 Å². The van der Waals surface area contributed by atoms with Crippen molar-refractivity contribution < 1.29 is 4.57 Å². The van der Waals surface area contributed by atoms with E-state index < -0.39 is 7.29 Å². The topological polar surface area (TPSA) is 55.1 Å². The molecule has 0 radical (unpaired) electrons. The van der Waals surface area contributed by atoms with Crippen molar-refractivity contribution in [3.05, 3.63) is 30.3 Å². The number of benzene rings is 1. The maximum atomic E-state index is 13.6. The number of hydrogen-bond donors (Lipinski definition) is 2. The summed E-state index contributed by atoms with van der Waals surface area (Å²) in [5.41, 5.74) is 0.266. The first kappa shape index (κ1) is 13.1. The summed E-state index contributed by atoms with van der Waals surface area (Å²) in [6, 6.07) is 9.86. The molecule has 4 bridgehead atoms. The van der Waals surface area contributed by atoms with Crippen LogP contribution in [0.25, 0.3) is 0 Å². The van der Waals surface area contributed by atoms with Gasteiger partial charge in [0.1, 0.15) is 0 Å². The van der Waals surface area contributed by atoms with Gasteiger partial charge in [0.05, 0.1) is 0 Å². The van der Waals surface area contributed by atoms with Crippen molar-refractivity contribution in [1.82, 2.24) is 5.20 Å². The van der Waals surface area contributed by atoms with Gasteiger partial charge in [0, 0.05) is 11.0 Å². The highest BCUT2D eigenvalue weighted by molar-refractivity contribution is 7.70. The Morgan fingerprint density at radius 2 is 1.50 bits per heavy atom. The average Bonchev–Trinajstić information content (AvgIpc) is 2.46. The van der Waals surface area contributed by atoms with Crippen LogP contribution in [0.1, 0.15) is 32.1 Å². The molecule has 20 heavy (non-hydrogen) atoms. The Kier molecular flexibility index (Phi) is 3.06. The molecule has 0 amide bonds. The smallest absolute Gasteiger partial charge is 0.192 e. The van der Waals surface area contributed by atoms with Crippen molar-refractivity contribution in [2.24, 2.45) is 29.5 Å². The van der Waals surface area contributed by atoms with E-state index in [0.29, 0.717) is 11.8 Å². The Morgan fingerprint density at radius 3 is 2.00 bits per heavy atom. The van der Waals surface area contributed by atoms with Crippen LogP contribution < -0.4 is 16.3 Å². The highest BCUT2D eigenvalue weighted by Gasteiger charge is 2.54. The van der Waals surface area contributed by atoms with Crippen molar-refractivity contribution in [2.45, 2.75) is 37.8 Å². The molecular weight excluding hydrogens is 267 g/mol. The molecule has 5 rings (SSSR count). The molecule has 0 spiro atoms. The molecule has 4 heteroatoms.